The molecule has 0 fully saturated rings. The van der Waals surface area contributed by atoms with Crippen molar-refractivity contribution in [2.75, 3.05) is 47.2 Å². The summed E-state index contributed by atoms with van der Waals surface area (Å²) in [6.07, 6.45) is -1.26. The Morgan fingerprint density at radius 2 is 1.58 bits per heavy atom. The molecule has 2 amide bonds. The molecule has 0 spiro atoms. The molecule has 48 heavy (non-hydrogen) atoms. The number of hydrogen-bond donors (Lipinski definition) is 6. The average molecular weight is 758 g/mol. The lowest BCUT2D eigenvalue weighted by atomic mass is 10.2. The van der Waals surface area contributed by atoms with Crippen LogP contribution in [0.3, 0.4) is 0 Å². The molecule has 2 aromatic carbocycles. The molecule has 0 bridgehead atoms. The number of amides is 2. The minimum atomic E-state index is -5.14. The molecule has 1 heterocycles. The van der Waals surface area contributed by atoms with Crippen LogP contribution < -0.4 is 21.3 Å². The standard InChI is InChI=1S/C21H24FN9O13S4/c1-31(6-8-46(35,36)37)21-27-18(22)26-20(28-21)24-12-2-4-14(16(10-12)25-19(23)32)29-30-15-5-3-13(11-17(15)47(38,39)40)45(33,34)9-7-44-48(41,42)43/h2-5,10-11H,6-9H2,1H3,(H3,23,25,32)(H,35,36,37)(H,38,39,40)(H,41,42,43)(H,24,26,27,28). The maximum Gasteiger partial charge on any atom is 0.397 e. The summed E-state index contributed by atoms with van der Waals surface area (Å²) in [5.41, 5.74) is 4.38. The number of rotatable bonds is 15. The van der Waals surface area contributed by atoms with Crippen LogP contribution in [0.1, 0.15) is 0 Å². The molecule has 0 saturated heterocycles. The number of carbonyl (C=O) groups is 1. The largest absolute Gasteiger partial charge is 0.397 e. The summed E-state index contributed by atoms with van der Waals surface area (Å²) in [6.45, 7) is -1.32. The van der Waals surface area contributed by atoms with E-state index in [1.807, 2.05) is 0 Å². The van der Waals surface area contributed by atoms with Gasteiger partial charge in [0.25, 0.3) is 20.2 Å². The number of halogens is 1. The number of sulfone groups is 1. The second-order valence-corrected chi connectivity index (χ2v) is 15.3. The van der Waals surface area contributed by atoms with Crippen molar-refractivity contribution < 1.29 is 60.7 Å². The lowest BCUT2D eigenvalue weighted by Gasteiger charge is -2.16. The molecular formula is C21H24FN9O13S4. The van der Waals surface area contributed by atoms with E-state index in [4.69, 9.17) is 14.8 Å². The van der Waals surface area contributed by atoms with Gasteiger partial charge in [0.1, 0.15) is 16.3 Å². The van der Waals surface area contributed by atoms with Crippen LogP contribution in [0, 0.1) is 6.08 Å². The number of carbonyl (C=O) groups excluding carboxylic acids is 1. The third kappa shape index (κ3) is 11.6. The number of aromatic nitrogens is 3. The lowest BCUT2D eigenvalue weighted by Crippen LogP contribution is -2.27. The number of primary amides is 1. The highest BCUT2D eigenvalue weighted by atomic mass is 32.3. The number of nitrogens with two attached hydrogens (primary N) is 1. The number of azo groups is 1. The summed E-state index contributed by atoms with van der Waals surface area (Å²) >= 11 is 0. The maximum absolute atomic E-state index is 14.1. The van der Waals surface area contributed by atoms with Crippen molar-refractivity contribution in [3.05, 3.63) is 42.5 Å². The molecule has 3 rings (SSSR count). The van der Waals surface area contributed by atoms with Gasteiger partial charge in [-0.15, -0.1) is 10.2 Å². The van der Waals surface area contributed by atoms with Gasteiger partial charge < -0.3 is 21.3 Å². The van der Waals surface area contributed by atoms with Crippen LogP contribution in [0.2, 0.25) is 0 Å². The molecule has 3 aromatic rings. The van der Waals surface area contributed by atoms with Crippen LogP contribution in [0.4, 0.5) is 43.8 Å². The average Bonchev–Trinajstić information content (AvgIpc) is 2.93. The second kappa shape index (κ2) is 14.7. The van der Waals surface area contributed by atoms with E-state index in [2.05, 4.69) is 40.0 Å². The molecule has 22 nitrogen and oxygen atoms in total. The third-order valence-corrected chi connectivity index (χ3v) is 9.27. The van der Waals surface area contributed by atoms with Crippen LogP contribution in [0.15, 0.2) is 56.4 Å². The van der Waals surface area contributed by atoms with E-state index in [0.717, 1.165) is 17.0 Å². The highest BCUT2D eigenvalue weighted by Gasteiger charge is 2.23. The van der Waals surface area contributed by atoms with Gasteiger partial charge in [-0.05, 0) is 36.4 Å². The molecule has 0 aliphatic carbocycles. The highest BCUT2D eigenvalue weighted by Crippen LogP contribution is 2.33. The van der Waals surface area contributed by atoms with E-state index in [0.29, 0.717) is 6.07 Å². The summed E-state index contributed by atoms with van der Waals surface area (Å²) in [6, 6.07) is 4.82. The molecule has 1 aromatic heterocycles. The quantitative estimate of drug-likeness (QED) is 0.0923. The zero-order valence-corrected chi connectivity index (χ0v) is 27.3. The normalized spacial score (nSPS) is 12.6. The zero-order chi connectivity index (χ0) is 36.1. The fourth-order valence-corrected chi connectivity index (χ4v) is 6.17. The molecule has 27 heteroatoms. The second-order valence-electron chi connectivity index (χ2n) is 9.15. The predicted molar refractivity (Wildman–Crippen MR) is 162 cm³/mol. The Hall–Kier alpha value is -4.51. The van der Waals surface area contributed by atoms with Gasteiger partial charge in [0, 0.05) is 19.3 Å². The van der Waals surface area contributed by atoms with E-state index in [1.165, 1.54) is 25.2 Å². The van der Waals surface area contributed by atoms with Gasteiger partial charge in [-0.2, -0.15) is 44.6 Å². The first-order valence-corrected chi connectivity index (χ1v) is 18.5. The fraction of sp³-hybridized carbons (Fsp3) is 0.238. The monoisotopic (exact) mass is 757 g/mol. The van der Waals surface area contributed by atoms with Crippen LogP contribution >= 0.6 is 0 Å². The van der Waals surface area contributed by atoms with E-state index in [-0.39, 0.29) is 35.5 Å². The molecule has 0 unspecified atom stereocenters. The highest BCUT2D eigenvalue weighted by molar-refractivity contribution is 7.91. The van der Waals surface area contributed by atoms with Crippen molar-refractivity contribution in [1.82, 2.24) is 15.0 Å². The smallest absolute Gasteiger partial charge is 0.351 e. The first-order chi connectivity index (χ1) is 22.0. The van der Waals surface area contributed by atoms with Crippen molar-refractivity contribution >= 4 is 81.1 Å². The molecule has 0 aliphatic heterocycles. The Morgan fingerprint density at radius 1 is 0.938 bits per heavy atom. The Labute approximate surface area is 271 Å². The van der Waals surface area contributed by atoms with E-state index in [9.17, 15) is 47.4 Å². The summed E-state index contributed by atoms with van der Waals surface area (Å²) in [5.74, 6) is -2.41. The molecule has 0 aliphatic rings. The minimum Gasteiger partial charge on any atom is -0.351 e. The zero-order valence-electron chi connectivity index (χ0n) is 24.0. The van der Waals surface area contributed by atoms with Gasteiger partial charge >= 0.3 is 22.5 Å². The molecule has 7 N–H and O–H groups in total. The van der Waals surface area contributed by atoms with Crippen LogP contribution in [-0.2, 0) is 44.7 Å². The number of nitrogens with one attached hydrogen (secondary N) is 2. The number of urea groups is 1. The molecule has 262 valence electrons. The SMILES string of the molecule is CN(CCS(=O)(=O)O)c1nc(F)nc(Nc2ccc(N=Nc3ccc(S(=O)(=O)CCOS(=O)(=O)O)cc3S(=O)(=O)O)c(NC(N)=O)c2)n1. The third-order valence-electron chi connectivity index (χ3n) is 5.55. The number of benzene rings is 2. The van der Waals surface area contributed by atoms with Gasteiger partial charge in [0.2, 0.25) is 11.9 Å². The Kier molecular flexibility index (Phi) is 11.6. The minimum absolute atomic E-state index is 0.0843. The summed E-state index contributed by atoms with van der Waals surface area (Å²) < 4.78 is 138. The Bertz CT molecular complexity index is 2190. The van der Waals surface area contributed by atoms with Crippen LogP contribution in [0.5, 0.6) is 0 Å². The predicted octanol–water partition coefficient (Wildman–Crippen LogP) is 0.824. The molecule has 0 saturated carbocycles. The first kappa shape index (κ1) is 37.9. The maximum atomic E-state index is 14.1. The fourth-order valence-electron chi connectivity index (χ4n) is 3.43. The molecule has 0 atom stereocenters. The van der Waals surface area contributed by atoms with Gasteiger partial charge in [-0.1, -0.05) is 0 Å². The summed E-state index contributed by atoms with van der Waals surface area (Å²) in [4.78, 5) is 21.9. The summed E-state index contributed by atoms with van der Waals surface area (Å²) in [7, 11) is -17.5. The van der Waals surface area contributed by atoms with Crippen molar-refractivity contribution in [2.45, 2.75) is 9.79 Å². The summed E-state index contributed by atoms with van der Waals surface area (Å²) in [5, 5.41) is 12.4. The topological polar surface area (TPSA) is 340 Å². The number of hydrogen-bond acceptors (Lipinski definition) is 17. The van der Waals surface area contributed by atoms with Crippen LogP contribution in [0.25, 0.3) is 0 Å². The Balaban J connectivity index is 1.93. The number of anilines is 4. The van der Waals surface area contributed by atoms with Crippen molar-refractivity contribution in [3.63, 3.8) is 0 Å². The molecule has 0 radical (unpaired) electrons. The lowest BCUT2D eigenvalue weighted by molar-refractivity contribution is 0.259. The van der Waals surface area contributed by atoms with E-state index in [1.54, 1.807) is 0 Å². The van der Waals surface area contributed by atoms with E-state index >= 15 is 0 Å². The molecular weight excluding hydrogens is 734 g/mol. The van der Waals surface area contributed by atoms with Crippen molar-refractivity contribution in [3.8, 4) is 0 Å². The van der Waals surface area contributed by atoms with E-state index < -0.39 is 86.2 Å². The van der Waals surface area contributed by atoms with Gasteiger partial charge in [-0.25, -0.2) is 17.4 Å². The van der Waals surface area contributed by atoms with Crippen molar-refractivity contribution in [1.29, 1.82) is 0 Å². The van der Waals surface area contributed by atoms with Gasteiger partial charge in [0.15, 0.2) is 9.84 Å². The van der Waals surface area contributed by atoms with Gasteiger partial charge in [0.05, 0.1) is 28.7 Å². The van der Waals surface area contributed by atoms with Crippen molar-refractivity contribution in [2.24, 2.45) is 16.0 Å². The Morgan fingerprint density at radius 3 is 2.19 bits per heavy atom. The number of nitrogens with zero attached hydrogens (tertiary/aromatic N) is 6. The first-order valence-electron chi connectivity index (χ1n) is 12.5. The van der Waals surface area contributed by atoms with Crippen LogP contribution in [-0.4, -0.2) is 100 Å². The van der Waals surface area contributed by atoms with Gasteiger partial charge in [-0.3, -0.25) is 13.7 Å².